The van der Waals surface area contributed by atoms with Gasteiger partial charge in [-0.1, -0.05) is 37.3 Å². The van der Waals surface area contributed by atoms with Crippen LogP contribution >= 0.6 is 0 Å². The third-order valence-corrected chi connectivity index (χ3v) is 4.29. The summed E-state index contributed by atoms with van der Waals surface area (Å²) in [6.07, 6.45) is 3.63. The number of carbonyl (C=O) groups is 2. The topological polar surface area (TPSA) is 57.6 Å². The molecule has 0 aliphatic carbocycles. The molecule has 4 nitrogen and oxygen atoms in total. The molecule has 1 saturated heterocycles. The highest BCUT2D eigenvalue weighted by Crippen LogP contribution is 2.26. The summed E-state index contributed by atoms with van der Waals surface area (Å²) in [4.78, 5) is 25.4. The standard InChI is InChI=1S/C17H23NO3/c1-2-13(14-8-4-3-5-9-14)12-16(19)18-11-7-6-10-15(18)17(20)21/h3-5,8-9,13,15H,2,6-7,10-12H2,1H3,(H,20,21). The average molecular weight is 289 g/mol. The van der Waals surface area contributed by atoms with E-state index in [0.717, 1.165) is 24.8 Å². The number of hydrogen-bond donors (Lipinski definition) is 1. The van der Waals surface area contributed by atoms with Crippen LogP contribution in [0.25, 0.3) is 0 Å². The first kappa shape index (κ1) is 15.5. The molecule has 1 amide bonds. The summed E-state index contributed by atoms with van der Waals surface area (Å²) < 4.78 is 0. The van der Waals surface area contributed by atoms with Crippen molar-refractivity contribution in [2.24, 2.45) is 0 Å². The van der Waals surface area contributed by atoms with Gasteiger partial charge in [-0.15, -0.1) is 0 Å². The third kappa shape index (κ3) is 3.84. The molecule has 0 radical (unpaired) electrons. The van der Waals surface area contributed by atoms with Gasteiger partial charge in [-0.25, -0.2) is 4.79 Å². The van der Waals surface area contributed by atoms with Crippen molar-refractivity contribution in [3.05, 3.63) is 35.9 Å². The number of rotatable bonds is 5. The summed E-state index contributed by atoms with van der Waals surface area (Å²) in [5.74, 6) is -0.747. The lowest BCUT2D eigenvalue weighted by Gasteiger charge is -2.34. The smallest absolute Gasteiger partial charge is 0.326 e. The Balaban J connectivity index is 2.06. The highest BCUT2D eigenvalue weighted by Gasteiger charge is 2.32. The van der Waals surface area contributed by atoms with Crippen molar-refractivity contribution in [3.63, 3.8) is 0 Å². The number of hydrogen-bond acceptors (Lipinski definition) is 2. The van der Waals surface area contributed by atoms with Crippen LogP contribution in [0.5, 0.6) is 0 Å². The number of carboxylic acids is 1. The van der Waals surface area contributed by atoms with Gasteiger partial charge in [0.2, 0.25) is 5.91 Å². The second-order valence-electron chi connectivity index (χ2n) is 5.66. The number of likely N-dealkylation sites (tertiary alicyclic amines) is 1. The van der Waals surface area contributed by atoms with E-state index >= 15 is 0 Å². The maximum atomic E-state index is 12.5. The Morgan fingerprint density at radius 3 is 2.62 bits per heavy atom. The summed E-state index contributed by atoms with van der Waals surface area (Å²) in [7, 11) is 0. The molecule has 0 saturated carbocycles. The molecule has 1 aromatic carbocycles. The van der Waals surface area contributed by atoms with Gasteiger partial charge < -0.3 is 10.0 Å². The molecule has 2 unspecified atom stereocenters. The predicted molar refractivity (Wildman–Crippen MR) is 81.1 cm³/mol. The highest BCUT2D eigenvalue weighted by molar-refractivity contribution is 5.84. The van der Waals surface area contributed by atoms with E-state index in [1.165, 1.54) is 0 Å². The summed E-state index contributed by atoms with van der Waals surface area (Å²) in [6, 6.07) is 9.34. The number of nitrogens with zero attached hydrogens (tertiary/aromatic N) is 1. The van der Waals surface area contributed by atoms with E-state index in [1.807, 2.05) is 30.3 Å². The van der Waals surface area contributed by atoms with Crippen molar-refractivity contribution in [3.8, 4) is 0 Å². The lowest BCUT2D eigenvalue weighted by atomic mass is 9.91. The Hall–Kier alpha value is -1.84. The minimum Gasteiger partial charge on any atom is -0.480 e. The van der Waals surface area contributed by atoms with Gasteiger partial charge in [0, 0.05) is 13.0 Å². The molecule has 1 N–H and O–H groups in total. The molecule has 1 aliphatic heterocycles. The fourth-order valence-corrected chi connectivity index (χ4v) is 3.04. The van der Waals surface area contributed by atoms with E-state index in [4.69, 9.17) is 0 Å². The van der Waals surface area contributed by atoms with Gasteiger partial charge in [0.1, 0.15) is 6.04 Å². The Morgan fingerprint density at radius 1 is 1.29 bits per heavy atom. The molecule has 0 spiro atoms. The number of carboxylic acid groups (broad SMARTS) is 1. The van der Waals surface area contributed by atoms with Crippen LogP contribution in [-0.2, 0) is 9.59 Å². The summed E-state index contributed by atoms with van der Waals surface area (Å²) in [5.41, 5.74) is 1.15. The largest absolute Gasteiger partial charge is 0.480 e. The molecular weight excluding hydrogens is 266 g/mol. The zero-order valence-electron chi connectivity index (χ0n) is 12.5. The number of amides is 1. The van der Waals surface area contributed by atoms with Crippen LogP contribution in [0.15, 0.2) is 30.3 Å². The second-order valence-corrected chi connectivity index (χ2v) is 5.66. The molecule has 0 aromatic heterocycles. The highest BCUT2D eigenvalue weighted by atomic mass is 16.4. The van der Waals surface area contributed by atoms with Crippen LogP contribution in [0.2, 0.25) is 0 Å². The van der Waals surface area contributed by atoms with E-state index < -0.39 is 12.0 Å². The Kier molecular flexibility index (Phi) is 5.37. The molecule has 1 heterocycles. The zero-order chi connectivity index (χ0) is 15.2. The fourth-order valence-electron chi connectivity index (χ4n) is 3.04. The molecule has 1 fully saturated rings. The predicted octanol–water partition coefficient (Wildman–Crippen LogP) is 3.04. The van der Waals surface area contributed by atoms with E-state index in [2.05, 4.69) is 6.92 Å². The summed E-state index contributed by atoms with van der Waals surface area (Å²) >= 11 is 0. The van der Waals surface area contributed by atoms with Crippen LogP contribution in [0.1, 0.15) is 50.5 Å². The van der Waals surface area contributed by atoms with E-state index in [-0.39, 0.29) is 11.8 Å². The minimum absolute atomic E-state index is 0.0298. The Bertz CT molecular complexity index is 486. The average Bonchev–Trinajstić information content (AvgIpc) is 2.53. The van der Waals surface area contributed by atoms with Crippen LogP contribution in [0.4, 0.5) is 0 Å². The van der Waals surface area contributed by atoms with Gasteiger partial charge in [0.15, 0.2) is 0 Å². The zero-order valence-corrected chi connectivity index (χ0v) is 12.5. The van der Waals surface area contributed by atoms with Crippen molar-refractivity contribution in [1.82, 2.24) is 4.90 Å². The van der Waals surface area contributed by atoms with Gasteiger partial charge in [-0.3, -0.25) is 4.79 Å². The first-order chi connectivity index (χ1) is 10.1. The third-order valence-electron chi connectivity index (χ3n) is 4.29. The monoisotopic (exact) mass is 289 g/mol. The van der Waals surface area contributed by atoms with Crippen molar-refractivity contribution >= 4 is 11.9 Å². The number of benzene rings is 1. The first-order valence-corrected chi connectivity index (χ1v) is 7.70. The molecule has 4 heteroatoms. The van der Waals surface area contributed by atoms with E-state index in [9.17, 15) is 14.7 Å². The van der Waals surface area contributed by atoms with Gasteiger partial charge in [-0.05, 0) is 37.2 Å². The SMILES string of the molecule is CCC(CC(=O)N1CCCCC1C(=O)O)c1ccccc1. The lowest BCUT2D eigenvalue weighted by Crippen LogP contribution is -2.48. The van der Waals surface area contributed by atoms with Crippen molar-refractivity contribution < 1.29 is 14.7 Å². The molecule has 2 rings (SSSR count). The molecule has 1 aliphatic rings. The van der Waals surface area contributed by atoms with Crippen LogP contribution in [-0.4, -0.2) is 34.5 Å². The maximum absolute atomic E-state index is 12.5. The van der Waals surface area contributed by atoms with Crippen LogP contribution in [0.3, 0.4) is 0 Å². The Labute approximate surface area is 125 Å². The van der Waals surface area contributed by atoms with Crippen molar-refractivity contribution in [2.45, 2.75) is 51.0 Å². The number of aliphatic carboxylic acids is 1. The van der Waals surface area contributed by atoms with E-state index in [0.29, 0.717) is 19.4 Å². The molecule has 21 heavy (non-hydrogen) atoms. The second kappa shape index (κ2) is 7.25. The number of carbonyl (C=O) groups excluding carboxylic acids is 1. The summed E-state index contributed by atoms with van der Waals surface area (Å²) in [6.45, 7) is 2.64. The minimum atomic E-state index is -0.879. The lowest BCUT2D eigenvalue weighted by molar-refractivity contribution is -0.152. The molecule has 0 bridgehead atoms. The molecule has 114 valence electrons. The molecule has 2 atom stereocenters. The van der Waals surface area contributed by atoms with Gasteiger partial charge in [0.05, 0.1) is 0 Å². The van der Waals surface area contributed by atoms with Gasteiger partial charge >= 0.3 is 5.97 Å². The van der Waals surface area contributed by atoms with Gasteiger partial charge in [0.25, 0.3) is 0 Å². The van der Waals surface area contributed by atoms with Crippen molar-refractivity contribution in [1.29, 1.82) is 0 Å². The summed E-state index contributed by atoms with van der Waals surface area (Å²) in [5, 5.41) is 9.27. The molecule has 1 aromatic rings. The fraction of sp³-hybridized carbons (Fsp3) is 0.529. The van der Waals surface area contributed by atoms with E-state index in [1.54, 1.807) is 4.90 Å². The maximum Gasteiger partial charge on any atom is 0.326 e. The van der Waals surface area contributed by atoms with Crippen molar-refractivity contribution in [2.75, 3.05) is 6.54 Å². The Morgan fingerprint density at radius 2 is 2.00 bits per heavy atom. The number of piperidine rings is 1. The van der Waals surface area contributed by atoms with Crippen LogP contribution in [0, 0.1) is 0 Å². The van der Waals surface area contributed by atoms with Crippen LogP contribution < -0.4 is 0 Å². The quantitative estimate of drug-likeness (QED) is 0.906. The normalized spacial score (nSPS) is 20.0. The van der Waals surface area contributed by atoms with Gasteiger partial charge in [-0.2, -0.15) is 0 Å². The first-order valence-electron chi connectivity index (χ1n) is 7.70. The molecular formula is C17H23NO3.